The Kier molecular flexibility index (Phi) is 7.84. The molecule has 0 atom stereocenters. The lowest BCUT2D eigenvalue weighted by atomic mass is 10.1. The Hall–Kier alpha value is -3.50. The SMILES string of the molecule is O=C(O)CCOc1ccc(/C=C/C(=O)c2ccc(S(=O)(=O)NCC(=O)O)cc2)cc1. The van der Waals surface area contributed by atoms with Gasteiger partial charge in [-0.05, 0) is 48.0 Å². The summed E-state index contributed by atoms with van der Waals surface area (Å²) in [5.74, 6) is -2.10. The van der Waals surface area contributed by atoms with Crippen molar-refractivity contribution in [3.05, 3.63) is 65.7 Å². The summed E-state index contributed by atoms with van der Waals surface area (Å²) < 4.78 is 31.1. The van der Waals surface area contributed by atoms with Crippen LogP contribution in [-0.2, 0) is 19.6 Å². The average molecular weight is 433 g/mol. The number of carbonyl (C=O) groups excluding carboxylic acids is 1. The number of allylic oxidation sites excluding steroid dienone is 1. The molecule has 2 aromatic carbocycles. The molecule has 0 radical (unpaired) electrons. The first kappa shape index (κ1) is 22.8. The van der Waals surface area contributed by atoms with Crippen LogP contribution in [0.25, 0.3) is 6.08 Å². The van der Waals surface area contributed by atoms with Gasteiger partial charge in [0.05, 0.1) is 17.9 Å². The van der Waals surface area contributed by atoms with Crippen LogP contribution in [0.5, 0.6) is 5.75 Å². The molecule has 0 saturated carbocycles. The summed E-state index contributed by atoms with van der Waals surface area (Å²) in [7, 11) is -3.97. The van der Waals surface area contributed by atoms with Crippen LogP contribution in [0.4, 0.5) is 0 Å². The lowest BCUT2D eigenvalue weighted by molar-refractivity contribution is -0.138. The fourth-order valence-corrected chi connectivity index (χ4v) is 3.21. The molecule has 0 spiro atoms. The number of hydrogen-bond donors (Lipinski definition) is 3. The van der Waals surface area contributed by atoms with Gasteiger partial charge >= 0.3 is 11.9 Å². The molecule has 0 bridgehead atoms. The van der Waals surface area contributed by atoms with E-state index in [-0.39, 0.29) is 29.3 Å². The minimum atomic E-state index is -3.97. The molecule has 0 amide bonds. The van der Waals surface area contributed by atoms with E-state index < -0.39 is 28.5 Å². The first-order chi connectivity index (χ1) is 14.2. The number of benzene rings is 2. The van der Waals surface area contributed by atoms with E-state index in [1.54, 1.807) is 30.3 Å². The topological polar surface area (TPSA) is 147 Å². The van der Waals surface area contributed by atoms with E-state index >= 15 is 0 Å². The second-order valence-electron chi connectivity index (χ2n) is 6.00. The minimum Gasteiger partial charge on any atom is -0.493 e. The highest BCUT2D eigenvalue weighted by molar-refractivity contribution is 7.89. The Bertz CT molecular complexity index is 1040. The molecule has 30 heavy (non-hydrogen) atoms. The van der Waals surface area contributed by atoms with Gasteiger partial charge in [0.15, 0.2) is 5.78 Å². The van der Waals surface area contributed by atoms with E-state index in [1.165, 1.54) is 30.3 Å². The average Bonchev–Trinajstić information content (AvgIpc) is 2.71. The largest absolute Gasteiger partial charge is 0.493 e. The van der Waals surface area contributed by atoms with Crippen LogP contribution in [0.3, 0.4) is 0 Å². The smallest absolute Gasteiger partial charge is 0.318 e. The highest BCUT2D eigenvalue weighted by Crippen LogP contribution is 2.15. The van der Waals surface area contributed by atoms with Gasteiger partial charge in [0.2, 0.25) is 10.0 Å². The van der Waals surface area contributed by atoms with Crippen molar-refractivity contribution < 1.29 is 37.8 Å². The van der Waals surface area contributed by atoms with Crippen LogP contribution >= 0.6 is 0 Å². The van der Waals surface area contributed by atoms with Crippen molar-refractivity contribution in [1.82, 2.24) is 4.72 Å². The number of nitrogens with one attached hydrogen (secondary N) is 1. The zero-order chi connectivity index (χ0) is 22.1. The van der Waals surface area contributed by atoms with Crippen molar-refractivity contribution in [3.63, 3.8) is 0 Å². The highest BCUT2D eigenvalue weighted by Gasteiger charge is 2.15. The molecule has 0 saturated heterocycles. The number of aliphatic carboxylic acids is 2. The molecular formula is C20H19NO8S. The Balaban J connectivity index is 1.97. The van der Waals surface area contributed by atoms with Gasteiger partial charge in [-0.3, -0.25) is 14.4 Å². The Labute approximate surface area is 172 Å². The predicted octanol–water partition coefficient (Wildman–Crippen LogP) is 1.80. The second kappa shape index (κ2) is 10.3. The molecule has 0 aliphatic rings. The van der Waals surface area contributed by atoms with Gasteiger partial charge in [-0.1, -0.05) is 18.2 Å². The van der Waals surface area contributed by atoms with Crippen LogP contribution in [-0.4, -0.2) is 49.5 Å². The highest BCUT2D eigenvalue weighted by atomic mass is 32.2. The Morgan fingerprint density at radius 2 is 1.57 bits per heavy atom. The van der Waals surface area contributed by atoms with Gasteiger partial charge in [0.25, 0.3) is 0 Å². The predicted molar refractivity (Wildman–Crippen MR) is 107 cm³/mol. The number of rotatable bonds is 11. The summed E-state index contributed by atoms with van der Waals surface area (Å²) in [6.45, 7) is -0.685. The summed E-state index contributed by atoms with van der Waals surface area (Å²) in [5.41, 5.74) is 0.975. The summed E-state index contributed by atoms with van der Waals surface area (Å²) in [5, 5.41) is 17.1. The molecule has 0 aliphatic heterocycles. The molecule has 0 unspecified atom stereocenters. The van der Waals surface area contributed by atoms with E-state index in [2.05, 4.69) is 0 Å². The number of carboxylic acid groups (broad SMARTS) is 2. The van der Waals surface area contributed by atoms with Crippen LogP contribution in [0.2, 0.25) is 0 Å². The maximum atomic E-state index is 12.3. The summed E-state index contributed by atoms with van der Waals surface area (Å²) in [6.07, 6.45) is 2.79. The van der Waals surface area contributed by atoms with Crippen LogP contribution in [0.15, 0.2) is 59.5 Å². The maximum absolute atomic E-state index is 12.3. The Morgan fingerprint density at radius 3 is 2.13 bits per heavy atom. The molecule has 9 nitrogen and oxygen atoms in total. The molecule has 158 valence electrons. The molecule has 0 aromatic heterocycles. The molecule has 2 aromatic rings. The van der Waals surface area contributed by atoms with Crippen molar-refractivity contribution in [3.8, 4) is 5.75 Å². The number of sulfonamides is 1. The molecule has 2 rings (SSSR count). The molecular weight excluding hydrogens is 414 g/mol. The molecule has 0 heterocycles. The van der Waals surface area contributed by atoms with E-state index in [9.17, 15) is 22.8 Å². The number of ketones is 1. The lowest BCUT2D eigenvalue weighted by Gasteiger charge is -2.05. The fraction of sp³-hybridized carbons (Fsp3) is 0.150. The number of hydrogen-bond acceptors (Lipinski definition) is 6. The van der Waals surface area contributed by atoms with E-state index in [0.717, 1.165) is 0 Å². The van der Waals surface area contributed by atoms with Crippen LogP contribution < -0.4 is 9.46 Å². The standard InChI is InChI=1S/C20H19NO8S/c22-18(10-3-14-1-6-16(7-2-14)29-12-11-19(23)24)15-4-8-17(9-5-15)30(27,28)21-13-20(25)26/h1-10,21H,11-13H2,(H,23,24)(H,25,26)/b10-3+. The second-order valence-corrected chi connectivity index (χ2v) is 7.77. The first-order valence-corrected chi connectivity index (χ1v) is 10.1. The van der Waals surface area contributed by atoms with Crippen molar-refractivity contribution >= 4 is 33.8 Å². The molecule has 10 heteroatoms. The normalized spacial score (nSPS) is 11.3. The molecule has 0 aliphatic carbocycles. The van der Waals surface area contributed by atoms with Crippen LogP contribution in [0, 0.1) is 0 Å². The monoisotopic (exact) mass is 433 g/mol. The Morgan fingerprint density at radius 1 is 0.933 bits per heavy atom. The number of carboxylic acids is 2. The van der Waals surface area contributed by atoms with E-state index in [0.29, 0.717) is 11.3 Å². The first-order valence-electron chi connectivity index (χ1n) is 8.66. The van der Waals surface area contributed by atoms with E-state index in [4.69, 9.17) is 14.9 Å². The van der Waals surface area contributed by atoms with Crippen molar-refractivity contribution in [2.75, 3.05) is 13.2 Å². The van der Waals surface area contributed by atoms with Gasteiger partial charge in [-0.2, -0.15) is 4.72 Å². The summed E-state index contributed by atoms with van der Waals surface area (Å²) >= 11 is 0. The van der Waals surface area contributed by atoms with Gasteiger partial charge in [-0.25, -0.2) is 8.42 Å². The minimum absolute atomic E-state index is 0.0561. The molecule has 3 N–H and O–H groups in total. The summed E-state index contributed by atoms with van der Waals surface area (Å²) in [6, 6.07) is 11.8. The fourth-order valence-electron chi connectivity index (χ4n) is 2.24. The van der Waals surface area contributed by atoms with Gasteiger partial charge in [0.1, 0.15) is 12.3 Å². The third-order valence-corrected chi connectivity index (χ3v) is 5.17. The maximum Gasteiger partial charge on any atom is 0.318 e. The lowest BCUT2D eigenvalue weighted by Crippen LogP contribution is -2.29. The van der Waals surface area contributed by atoms with Gasteiger partial charge in [-0.15, -0.1) is 0 Å². The van der Waals surface area contributed by atoms with Crippen molar-refractivity contribution in [2.24, 2.45) is 0 Å². The van der Waals surface area contributed by atoms with Crippen molar-refractivity contribution in [2.45, 2.75) is 11.3 Å². The number of ether oxygens (including phenoxy) is 1. The third-order valence-electron chi connectivity index (χ3n) is 3.75. The number of carbonyl (C=O) groups is 3. The quantitative estimate of drug-likeness (QED) is 0.359. The van der Waals surface area contributed by atoms with Gasteiger partial charge in [0, 0.05) is 5.56 Å². The van der Waals surface area contributed by atoms with Crippen molar-refractivity contribution in [1.29, 1.82) is 0 Å². The summed E-state index contributed by atoms with van der Waals surface area (Å²) in [4.78, 5) is 33.1. The zero-order valence-corrected chi connectivity index (χ0v) is 16.5. The van der Waals surface area contributed by atoms with E-state index in [1.807, 2.05) is 4.72 Å². The zero-order valence-electron chi connectivity index (χ0n) is 15.6. The van der Waals surface area contributed by atoms with Crippen LogP contribution in [0.1, 0.15) is 22.3 Å². The molecule has 0 fully saturated rings. The third kappa shape index (κ3) is 7.15. The van der Waals surface area contributed by atoms with Gasteiger partial charge < -0.3 is 14.9 Å².